The first-order valence-electron chi connectivity index (χ1n) is 7.62. The van der Waals surface area contributed by atoms with E-state index in [1.54, 1.807) is 12.5 Å². The molecule has 0 spiro atoms. The first kappa shape index (κ1) is 14.3. The van der Waals surface area contributed by atoms with Crippen LogP contribution in [-0.2, 0) is 4.79 Å². The molecule has 5 heteroatoms. The molecular weight excluding hydrogens is 302 g/mol. The Labute approximate surface area is 139 Å². The largest absolute Gasteiger partial charge is 0.488 e. The summed E-state index contributed by atoms with van der Waals surface area (Å²) in [7, 11) is 0. The molecule has 0 radical (unpaired) electrons. The van der Waals surface area contributed by atoms with Crippen LogP contribution in [-0.4, -0.2) is 22.1 Å². The highest BCUT2D eigenvalue weighted by Gasteiger charge is 2.16. The number of nitrogens with zero attached hydrogens (tertiary/aromatic N) is 2. The van der Waals surface area contributed by atoms with Gasteiger partial charge < -0.3 is 14.6 Å². The molecule has 0 bridgehead atoms. The Kier molecular flexibility index (Phi) is 3.59. The summed E-state index contributed by atoms with van der Waals surface area (Å²) >= 11 is 0. The lowest BCUT2D eigenvalue weighted by molar-refractivity contribution is -0.113. The molecule has 4 rings (SSSR count). The molecular formula is C19H15N3O2. The Hall–Kier alpha value is -3.34. The zero-order valence-corrected chi connectivity index (χ0v) is 12.8. The van der Waals surface area contributed by atoms with Crippen molar-refractivity contribution in [2.45, 2.75) is 0 Å². The molecule has 2 heterocycles. The molecule has 0 saturated carbocycles. The average Bonchev–Trinajstić information content (AvgIpc) is 3.16. The van der Waals surface area contributed by atoms with Crippen molar-refractivity contribution in [3.05, 3.63) is 78.4 Å². The third kappa shape index (κ3) is 2.79. The standard InChI is InChI=1S/C19H15N3O2/c23-19(15-11-14-3-1-2-4-18(14)24-12-15)21-16-5-7-17(8-6-16)22-10-9-20-13-22/h1-11,13H,12H2,(H,21,23). The topological polar surface area (TPSA) is 56.2 Å². The van der Waals surface area contributed by atoms with Gasteiger partial charge in [0.25, 0.3) is 5.91 Å². The number of hydrogen-bond donors (Lipinski definition) is 1. The number of rotatable bonds is 3. The van der Waals surface area contributed by atoms with Crippen molar-refractivity contribution in [2.75, 3.05) is 11.9 Å². The van der Waals surface area contributed by atoms with Gasteiger partial charge in [-0.2, -0.15) is 0 Å². The molecule has 1 aromatic heterocycles. The zero-order chi connectivity index (χ0) is 16.4. The average molecular weight is 317 g/mol. The number of nitrogens with one attached hydrogen (secondary N) is 1. The molecule has 1 N–H and O–H groups in total. The highest BCUT2D eigenvalue weighted by atomic mass is 16.5. The molecule has 24 heavy (non-hydrogen) atoms. The second kappa shape index (κ2) is 6.04. The number of amides is 1. The minimum absolute atomic E-state index is 0.153. The maximum Gasteiger partial charge on any atom is 0.255 e. The smallest absolute Gasteiger partial charge is 0.255 e. The lowest BCUT2D eigenvalue weighted by Crippen LogP contribution is -2.21. The Morgan fingerprint density at radius 1 is 1.12 bits per heavy atom. The predicted molar refractivity (Wildman–Crippen MR) is 92.1 cm³/mol. The number of para-hydroxylation sites is 1. The second-order valence-corrected chi connectivity index (χ2v) is 5.47. The number of carbonyl (C=O) groups is 1. The van der Waals surface area contributed by atoms with E-state index in [1.165, 1.54) is 0 Å². The summed E-state index contributed by atoms with van der Waals surface area (Å²) in [4.78, 5) is 16.4. The zero-order valence-electron chi connectivity index (χ0n) is 12.8. The number of aromatic nitrogens is 2. The highest BCUT2D eigenvalue weighted by Crippen LogP contribution is 2.26. The van der Waals surface area contributed by atoms with E-state index < -0.39 is 0 Å². The monoisotopic (exact) mass is 317 g/mol. The first-order chi connectivity index (χ1) is 11.8. The van der Waals surface area contributed by atoms with E-state index in [0.717, 1.165) is 22.7 Å². The van der Waals surface area contributed by atoms with E-state index in [-0.39, 0.29) is 12.5 Å². The molecule has 0 saturated heterocycles. The molecule has 0 fully saturated rings. The normalized spacial score (nSPS) is 12.8. The van der Waals surface area contributed by atoms with Crippen molar-refractivity contribution in [1.29, 1.82) is 0 Å². The molecule has 2 aromatic carbocycles. The van der Waals surface area contributed by atoms with Crippen LogP contribution in [0, 0.1) is 0 Å². The van der Waals surface area contributed by atoms with Crippen LogP contribution in [0.3, 0.4) is 0 Å². The van der Waals surface area contributed by atoms with Crippen LogP contribution in [0.5, 0.6) is 5.75 Å². The lowest BCUT2D eigenvalue weighted by atomic mass is 10.1. The number of anilines is 1. The van der Waals surface area contributed by atoms with Gasteiger partial charge >= 0.3 is 0 Å². The van der Waals surface area contributed by atoms with Crippen molar-refractivity contribution in [3.8, 4) is 11.4 Å². The van der Waals surface area contributed by atoms with Crippen molar-refractivity contribution in [2.24, 2.45) is 0 Å². The van der Waals surface area contributed by atoms with E-state index in [4.69, 9.17) is 4.74 Å². The number of imidazole rings is 1. The number of benzene rings is 2. The Morgan fingerprint density at radius 2 is 1.96 bits per heavy atom. The van der Waals surface area contributed by atoms with Crippen LogP contribution in [0.1, 0.15) is 5.56 Å². The molecule has 1 amide bonds. The summed E-state index contributed by atoms with van der Waals surface area (Å²) < 4.78 is 7.53. The minimum Gasteiger partial charge on any atom is -0.488 e. The van der Waals surface area contributed by atoms with Gasteiger partial charge in [0.1, 0.15) is 12.4 Å². The fourth-order valence-corrected chi connectivity index (χ4v) is 2.59. The first-order valence-corrected chi connectivity index (χ1v) is 7.62. The minimum atomic E-state index is -0.153. The molecule has 118 valence electrons. The Morgan fingerprint density at radius 3 is 2.75 bits per heavy atom. The van der Waals surface area contributed by atoms with Gasteiger partial charge in [-0.25, -0.2) is 4.98 Å². The Bertz CT molecular complexity index is 897. The molecule has 1 aliphatic heterocycles. The lowest BCUT2D eigenvalue weighted by Gasteiger charge is -2.17. The van der Waals surface area contributed by atoms with Crippen LogP contribution in [0.25, 0.3) is 11.8 Å². The third-order valence-electron chi connectivity index (χ3n) is 3.85. The molecule has 1 aliphatic rings. The van der Waals surface area contributed by atoms with Crippen molar-refractivity contribution < 1.29 is 9.53 Å². The van der Waals surface area contributed by atoms with Crippen molar-refractivity contribution in [3.63, 3.8) is 0 Å². The maximum absolute atomic E-state index is 12.4. The fourth-order valence-electron chi connectivity index (χ4n) is 2.59. The van der Waals surface area contributed by atoms with E-state index in [0.29, 0.717) is 5.57 Å². The van der Waals surface area contributed by atoms with Gasteiger partial charge in [0.2, 0.25) is 0 Å². The van der Waals surface area contributed by atoms with Crippen molar-refractivity contribution >= 4 is 17.7 Å². The van der Waals surface area contributed by atoms with Gasteiger partial charge in [0.05, 0.1) is 11.9 Å². The van der Waals surface area contributed by atoms with E-state index in [2.05, 4.69) is 10.3 Å². The van der Waals surface area contributed by atoms with Crippen LogP contribution >= 0.6 is 0 Å². The molecule has 0 unspecified atom stereocenters. The van der Waals surface area contributed by atoms with E-state index >= 15 is 0 Å². The van der Waals surface area contributed by atoms with E-state index in [1.807, 2.05) is 65.4 Å². The number of carbonyl (C=O) groups excluding carboxylic acids is 1. The number of hydrogen-bond acceptors (Lipinski definition) is 3. The van der Waals surface area contributed by atoms with Gasteiger partial charge in [-0.1, -0.05) is 18.2 Å². The number of ether oxygens (including phenoxy) is 1. The number of fused-ring (bicyclic) bond motifs is 1. The van der Waals surface area contributed by atoms with Crippen molar-refractivity contribution in [1.82, 2.24) is 9.55 Å². The van der Waals surface area contributed by atoms with Gasteiger partial charge in [0, 0.05) is 29.3 Å². The van der Waals surface area contributed by atoms with Gasteiger partial charge in [-0.3, -0.25) is 4.79 Å². The van der Waals surface area contributed by atoms with E-state index in [9.17, 15) is 4.79 Å². The quantitative estimate of drug-likeness (QED) is 0.806. The summed E-state index contributed by atoms with van der Waals surface area (Å²) in [6.07, 6.45) is 7.20. The van der Waals surface area contributed by atoms with Crippen LogP contribution in [0.15, 0.2) is 72.8 Å². The summed E-state index contributed by atoms with van der Waals surface area (Å²) in [6, 6.07) is 15.3. The second-order valence-electron chi connectivity index (χ2n) is 5.47. The summed E-state index contributed by atoms with van der Waals surface area (Å²) in [5.74, 6) is 0.651. The van der Waals surface area contributed by atoms with Gasteiger partial charge in [-0.05, 0) is 36.4 Å². The molecule has 0 atom stereocenters. The fraction of sp³-hybridized carbons (Fsp3) is 0.0526. The highest BCUT2D eigenvalue weighted by molar-refractivity contribution is 6.07. The van der Waals surface area contributed by atoms with Crippen LogP contribution in [0.4, 0.5) is 5.69 Å². The van der Waals surface area contributed by atoms with Crippen LogP contribution in [0.2, 0.25) is 0 Å². The summed E-state index contributed by atoms with van der Waals surface area (Å²) in [5.41, 5.74) is 3.25. The predicted octanol–water partition coefficient (Wildman–Crippen LogP) is 3.29. The molecule has 3 aromatic rings. The maximum atomic E-state index is 12.4. The molecule has 5 nitrogen and oxygen atoms in total. The SMILES string of the molecule is O=C(Nc1ccc(-n2ccnc2)cc1)C1=Cc2ccccc2OC1. The molecule has 0 aliphatic carbocycles. The Balaban J connectivity index is 1.50. The summed E-state index contributed by atoms with van der Waals surface area (Å²) in [6.45, 7) is 0.274. The third-order valence-corrected chi connectivity index (χ3v) is 3.85. The summed E-state index contributed by atoms with van der Waals surface area (Å²) in [5, 5.41) is 2.90. The van der Waals surface area contributed by atoms with Gasteiger partial charge in [0.15, 0.2) is 0 Å². The van der Waals surface area contributed by atoms with Gasteiger partial charge in [-0.15, -0.1) is 0 Å². The van der Waals surface area contributed by atoms with Crippen LogP contribution < -0.4 is 10.1 Å².